The number of urea groups is 1. The number of nitrogens with zero attached hydrogens (tertiary/aromatic N) is 1. The van der Waals surface area contributed by atoms with E-state index in [1.54, 1.807) is 27.8 Å². The van der Waals surface area contributed by atoms with Crippen LogP contribution in [0.5, 0.6) is 0 Å². The van der Waals surface area contributed by atoms with Crippen molar-refractivity contribution in [3.63, 3.8) is 0 Å². The Morgan fingerprint density at radius 2 is 1.74 bits per heavy atom. The van der Waals surface area contributed by atoms with Gasteiger partial charge in [-0.05, 0) is 13.8 Å². The summed E-state index contributed by atoms with van der Waals surface area (Å²) in [7, 11) is 1.55. The number of carboxylic acid groups (broad SMARTS) is 1. The quantitative estimate of drug-likeness (QED) is 0.677. The van der Waals surface area contributed by atoms with Crippen LogP contribution < -0.4 is 5.32 Å². The van der Waals surface area contributed by atoms with Crippen LogP contribution in [0, 0.1) is 11.3 Å². The van der Waals surface area contributed by atoms with E-state index in [1.807, 2.05) is 13.8 Å². The first kappa shape index (κ1) is 17.7. The zero-order valence-corrected chi connectivity index (χ0v) is 12.6. The molecule has 0 fully saturated rings. The van der Waals surface area contributed by atoms with Crippen molar-refractivity contribution in [1.82, 2.24) is 10.2 Å². The summed E-state index contributed by atoms with van der Waals surface area (Å²) < 4.78 is 0. The third-order valence-electron chi connectivity index (χ3n) is 3.65. The monoisotopic (exact) mass is 274 g/mol. The second-order valence-electron chi connectivity index (χ2n) is 6.22. The summed E-state index contributed by atoms with van der Waals surface area (Å²) in [6, 6.07) is -0.342. The highest BCUT2D eigenvalue weighted by molar-refractivity contribution is 5.75. The Hall–Kier alpha value is -1.30. The summed E-state index contributed by atoms with van der Waals surface area (Å²) in [5, 5.41) is 21.5. The maximum absolute atomic E-state index is 11.8. The minimum atomic E-state index is -0.934. The molecule has 0 radical (unpaired) electrons. The minimum Gasteiger partial charge on any atom is -0.481 e. The Labute approximate surface area is 114 Å². The van der Waals surface area contributed by atoms with Crippen molar-refractivity contribution in [2.45, 2.75) is 40.2 Å². The first-order valence-corrected chi connectivity index (χ1v) is 6.32. The lowest BCUT2D eigenvalue weighted by molar-refractivity contribution is -0.141. The van der Waals surface area contributed by atoms with Crippen molar-refractivity contribution in [3.05, 3.63) is 0 Å². The number of hydrogen-bond donors (Lipinski definition) is 3. The smallest absolute Gasteiger partial charge is 0.317 e. The van der Waals surface area contributed by atoms with Gasteiger partial charge in [0, 0.05) is 25.6 Å². The molecule has 6 nitrogen and oxygen atoms in total. The number of amides is 2. The average molecular weight is 274 g/mol. The Bertz CT molecular complexity index is 334. The van der Waals surface area contributed by atoms with Crippen LogP contribution in [0.4, 0.5) is 4.79 Å². The zero-order valence-electron chi connectivity index (χ0n) is 12.6. The highest BCUT2D eigenvalue weighted by Crippen LogP contribution is 2.29. The van der Waals surface area contributed by atoms with E-state index >= 15 is 0 Å². The number of aliphatic carboxylic acids is 1. The Morgan fingerprint density at radius 1 is 1.26 bits per heavy atom. The second kappa shape index (κ2) is 6.23. The number of hydrogen-bond acceptors (Lipinski definition) is 3. The molecule has 0 heterocycles. The van der Waals surface area contributed by atoms with Crippen LogP contribution in [0.3, 0.4) is 0 Å². The van der Waals surface area contributed by atoms with Gasteiger partial charge in [-0.2, -0.15) is 0 Å². The predicted octanol–water partition coefficient (Wildman–Crippen LogP) is 1.15. The van der Waals surface area contributed by atoms with E-state index in [0.717, 1.165) is 0 Å². The standard InChI is InChI=1S/C13H26N2O4/c1-9(10(16)17)7-15(6)11(18)14-8-12(2,3)13(4,5)19/h9,19H,7-8H2,1-6H3,(H,14,18)(H,16,17). The molecule has 112 valence electrons. The van der Waals surface area contributed by atoms with Gasteiger partial charge in [0.1, 0.15) is 0 Å². The summed E-state index contributed by atoms with van der Waals surface area (Å²) in [6.07, 6.45) is 0. The number of carbonyl (C=O) groups is 2. The fourth-order valence-electron chi connectivity index (χ4n) is 1.22. The van der Waals surface area contributed by atoms with E-state index in [1.165, 1.54) is 4.90 Å². The van der Waals surface area contributed by atoms with E-state index in [9.17, 15) is 14.7 Å². The Morgan fingerprint density at radius 3 is 2.11 bits per heavy atom. The summed E-state index contributed by atoms with van der Waals surface area (Å²) in [4.78, 5) is 23.9. The van der Waals surface area contributed by atoms with Gasteiger partial charge in [-0.3, -0.25) is 4.79 Å². The van der Waals surface area contributed by atoms with E-state index in [-0.39, 0.29) is 12.6 Å². The zero-order chi connectivity index (χ0) is 15.4. The number of nitrogens with one attached hydrogen (secondary N) is 1. The van der Waals surface area contributed by atoms with Crippen LogP contribution in [0.1, 0.15) is 34.6 Å². The summed E-state index contributed by atoms with van der Waals surface area (Å²) >= 11 is 0. The maximum atomic E-state index is 11.8. The van der Waals surface area contributed by atoms with Crippen molar-refractivity contribution < 1.29 is 19.8 Å². The van der Waals surface area contributed by atoms with Crippen LogP contribution in [0.25, 0.3) is 0 Å². The lowest BCUT2D eigenvalue weighted by Crippen LogP contribution is -2.50. The third-order valence-corrected chi connectivity index (χ3v) is 3.65. The number of carboxylic acids is 1. The summed E-state index contributed by atoms with van der Waals surface area (Å²) in [6.45, 7) is 9.09. The molecule has 1 unspecified atom stereocenters. The van der Waals surface area contributed by atoms with Gasteiger partial charge in [-0.15, -0.1) is 0 Å². The highest BCUT2D eigenvalue weighted by Gasteiger charge is 2.35. The van der Waals surface area contributed by atoms with Gasteiger partial charge in [0.2, 0.25) is 0 Å². The fraction of sp³-hybridized carbons (Fsp3) is 0.846. The molecule has 0 aliphatic carbocycles. The molecule has 3 N–H and O–H groups in total. The van der Waals surface area contributed by atoms with Crippen molar-refractivity contribution in [2.75, 3.05) is 20.1 Å². The highest BCUT2D eigenvalue weighted by atomic mass is 16.4. The number of aliphatic hydroxyl groups is 1. The van der Waals surface area contributed by atoms with Crippen LogP contribution in [0.2, 0.25) is 0 Å². The van der Waals surface area contributed by atoms with Crippen LogP contribution in [0.15, 0.2) is 0 Å². The second-order valence-corrected chi connectivity index (χ2v) is 6.22. The largest absolute Gasteiger partial charge is 0.481 e. The molecule has 2 amide bonds. The van der Waals surface area contributed by atoms with E-state index in [4.69, 9.17) is 5.11 Å². The first-order valence-electron chi connectivity index (χ1n) is 6.32. The van der Waals surface area contributed by atoms with Crippen molar-refractivity contribution in [3.8, 4) is 0 Å². The van der Waals surface area contributed by atoms with Crippen molar-refractivity contribution >= 4 is 12.0 Å². The lowest BCUT2D eigenvalue weighted by atomic mass is 9.77. The van der Waals surface area contributed by atoms with Crippen molar-refractivity contribution in [2.24, 2.45) is 11.3 Å². The summed E-state index contributed by atoms with van der Waals surface area (Å²) in [5.74, 6) is -1.55. The van der Waals surface area contributed by atoms with Crippen LogP contribution in [-0.2, 0) is 4.79 Å². The molecule has 1 atom stereocenters. The molecule has 0 aliphatic heterocycles. The normalized spacial score (nSPS) is 13.8. The number of carbonyl (C=O) groups excluding carboxylic acids is 1. The predicted molar refractivity (Wildman–Crippen MR) is 72.9 cm³/mol. The van der Waals surface area contributed by atoms with Gasteiger partial charge in [0.15, 0.2) is 0 Å². The first-order chi connectivity index (χ1) is 8.38. The van der Waals surface area contributed by atoms with E-state index in [0.29, 0.717) is 6.54 Å². The van der Waals surface area contributed by atoms with Gasteiger partial charge >= 0.3 is 12.0 Å². The van der Waals surface area contributed by atoms with E-state index in [2.05, 4.69) is 5.32 Å². The molecule has 0 saturated carbocycles. The van der Waals surface area contributed by atoms with Crippen LogP contribution in [-0.4, -0.2) is 52.9 Å². The van der Waals surface area contributed by atoms with Gasteiger partial charge in [0.05, 0.1) is 11.5 Å². The summed E-state index contributed by atoms with van der Waals surface area (Å²) in [5.41, 5.74) is -1.41. The van der Waals surface area contributed by atoms with Gasteiger partial charge in [-0.1, -0.05) is 20.8 Å². The molecule has 0 aromatic heterocycles. The average Bonchev–Trinajstić information content (AvgIpc) is 2.23. The lowest BCUT2D eigenvalue weighted by Gasteiger charge is -2.37. The molecule has 0 aromatic rings. The third kappa shape index (κ3) is 5.46. The molecule has 0 spiro atoms. The fourth-order valence-corrected chi connectivity index (χ4v) is 1.22. The molecular formula is C13H26N2O4. The van der Waals surface area contributed by atoms with Crippen LogP contribution >= 0.6 is 0 Å². The minimum absolute atomic E-state index is 0.143. The maximum Gasteiger partial charge on any atom is 0.317 e. The molecule has 0 aliphatic rings. The van der Waals surface area contributed by atoms with E-state index < -0.39 is 22.9 Å². The van der Waals surface area contributed by atoms with Gasteiger partial charge in [0.25, 0.3) is 0 Å². The molecule has 0 rings (SSSR count). The molecular weight excluding hydrogens is 248 g/mol. The molecule has 0 aromatic carbocycles. The molecule has 0 bridgehead atoms. The topological polar surface area (TPSA) is 89.9 Å². The molecule has 19 heavy (non-hydrogen) atoms. The SMILES string of the molecule is CC(CN(C)C(=O)NCC(C)(C)C(C)(C)O)C(=O)O. The Kier molecular flexibility index (Phi) is 5.81. The van der Waals surface area contributed by atoms with Gasteiger partial charge in [-0.25, -0.2) is 4.79 Å². The molecule has 0 saturated heterocycles. The number of rotatable bonds is 6. The molecule has 6 heteroatoms. The van der Waals surface area contributed by atoms with Gasteiger partial charge < -0.3 is 20.4 Å². The Balaban J connectivity index is 4.36. The van der Waals surface area contributed by atoms with Crippen molar-refractivity contribution in [1.29, 1.82) is 0 Å².